The highest BCUT2D eigenvalue weighted by molar-refractivity contribution is 7.18. The molecule has 3 aromatic rings. The molecule has 1 unspecified atom stereocenters. The molecule has 1 aromatic carbocycles. The minimum absolute atomic E-state index is 0.111. The van der Waals surface area contributed by atoms with Gasteiger partial charge in [-0.05, 0) is 88.2 Å². The summed E-state index contributed by atoms with van der Waals surface area (Å²) in [6.45, 7) is 4.53. The van der Waals surface area contributed by atoms with Gasteiger partial charge in [0.05, 0.1) is 16.8 Å². The number of fused-ring (bicyclic) bond motifs is 4. The zero-order valence-corrected chi connectivity index (χ0v) is 23.3. The van der Waals surface area contributed by atoms with E-state index in [1.54, 1.807) is 12.1 Å². The van der Waals surface area contributed by atoms with Crippen LogP contribution in [0.2, 0.25) is 0 Å². The average Bonchev–Trinajstić information content (AvgIpc) is 3.43. The summed E-state index contributed by atoms with van der Waals surface area (Å²) < 4.78 is 0. The van der Waals surface area contributed by atoms with Crippen LogP contribution in [0, 0.1) is 6.92 Å². The second-order valence-corrected chi connectivity index (χ2v) is 12.5. The fraction of sp³-hybridized carbons (Fsp3) is 0.467. The van der Waals surface area contributed by atoms with E-state index in [9.17, 15) is 19.2 Å². The van der Waals surface area contributed by atoms with Crippen molar-refractivity contribution in [3.63, 3.8) is 0 Å². The highest BCUT2D eigenvalue weighted by Crippen LogP contribution is 2.41. The van der Waals surface area contributed by atoms with Crippen molar-refractivity contribution in [1.29, 1.82) is 0 Å². The Morgan fingerprint density at radius 2 is 1.73 bits per heavy atom. The SMILES string of the molecule is Cc1nc(C2CCN(Cc3ccc4c(c3)C(=O)N(C3CCC(=O)NC3=O)C4=O)CC2)c2c3c(sc2n1)CCCC3. The molecule has 4 aliphatic rings. The lowest BCUT2D eigenvalue weighted by molar-refractivity contribution is -0.136. The Labute approximate surface area is 236 Å². The van der Waals surface area contributed by atoms with Crippen molar-refractivity contribution in [1.82, 2.24) is 25.1 Å². The molecule has 40 heavy (non-hydrogen) atoms. The molecule has 1 atom stereocenters. The molecule has 1 N–H and O–H groups in total. The van der Waals surface area contributed by atoms with Crippen molar-refractivity contribution >= 4 is 45.2 Å². The maximum Gasteiger partial charge on any atom is 0.262 e. The Balaban J connectivity index is 1.05. The molecule has 0 saturated carbocycles. The first-order chi connectivity index (χ1) is 19.4. The molecular weight excluding hydrogens is 526 g/mol. The first kappa shape index (κ1) is 25.5. The molecule has 2 fully saturated rings. The Hall–Kier alpha value is -3.50. The van der Waals surface area contributed by atoms with Gasteiger partial charge in [0, 0.05) is 29.1 Å². The summed E-state index contributed by atoms with van der Waals surface area (Å²) in [6.07, 6.45) is 7.09. The topological polar surface area (TPSA) is 113 Å². The first-order valence-electron chi connectivity index (χ1n) is 14.2. The molecule has 0 spiro atoms. The monoisotopic (exact) mass is 557 g/mol. The van der Waals surface area contributed by atoms with Crippen LogP contribution >= 0.6 is 11.3 Å². The number of nitrogens with zero attached hydrogens (tertiary/aromatic N) is 4. The Kier molecular flexibility index (Phi) is 6.27. The third kappa shape index (κ3) is 4.25. The third-order valence-electron chi connectivity index (χ3n) is 8.84. The van der Waals surface area contributed by atoms with E-state index < -0.39 is 23.8 Å². The van der Waals surface area contributed by atoms with Crippen LogP contribution in [0.1, 0.15) is 92.7 Å². The number of imide groups is 2. The Morgan fingerprint density at radius 1 is 0.950 bits per heavy atom. The number of nitrogens with one attached hydrogen (secondary N) is 1. The van der Waals surface area contributed by atoms with Crippen LogP contribution in [-0.4, -0.2) is 62.5 Å². The van der Waals surface area contributed by atoms with Crippen molar-refractivity contribution in [2.45, 2.75) is 76.8 Å². The van der Waals surface area contributed by atoms with Crippen molar-refractivity contribution in [2.75, 3.05) is 13.1 Å². The number of carbonyl (C=O) groups excluding carboxylic acids is 4. The number of hydrogen-bond acceptors (Lipinski definition) is 8. The van der Waals surface area contributed by atoms with E-state index in [2.05, 4.69) is 10.2 Å². The number of amides is 4. The van der Waals surface area contributed by atoms with Gasteiger partial charge in [0.2, 0.25) is 11.8 Å². The summed E-state index contributed by atoms with van der Waals surface area (Å²) in [5.41, 5.74) is 4.35. The third-order valence-corrected chi connectivity index (χ3v) is 10.0. The number of piperidine rings is 2. The lowest BCUT2D eigenvalue weighted by atomic mass is 9.88. The zero-order chi connectivity index (χ0) is 27.5. The van der Waals surface area contributed by atoms with Crippen LogP contribution in [0.5, 0.6) is 0 Å². The van der Waals surface area contributed by atoms with Crippen LogP contribution in [0.25, 0.3) is 10.2 Å². The van der Waals surface area contributed by atoms with E-state index in [1.165, 1.54) is 34.4 Å². The summed E-state index contributed by atoms with van der Waals surface area (Å²) >= 11 is 1.86. The highest BCUT2D eigenvalue weighted by Gasteiger charge is 2.44. The van der Waals surface area contributed by atoms with E-state index in [1.807, 2.05) is 24.3 Å². The highest BCUT2D eigenvalue weighted by atomic mass is 32.1. The predicted molar refractivity (Wildman–Crippen MR) is 149 cm³/mol. The molecule has 4 amide bonds. The molecule has 5 heterocycles. The molecule has 0 bridgehead atoms. The zero-order valence-electron chi connectivity index (χ0n) is 22.5. The fourth-order valence-corrected chi connectivity index (χ4v) is 8.15. The molecule has 10 heteroatoms. The maximum absolute atomic E-state index is 13.2. The second kappa shape index (κ2) is 9.85. The van der Waals surface area contributed by atoms with Gasteiger partial charge in [-0.2, -0.15) is 0 Å². The standard InChI is InChI=1S/C30H31N5O4S/c1-16-31-26(25-20-4-2-3-5-23(20)40-28(25)32-16)18-10-12-34(13-11-18)15-17-6-7-19-21(14-17)30(39)35(29(19)38)22-8-9-24(36)33-27(22)37/h6-7,14,18,22H,2-5,8-13,15H2,1H3,(H,33,36,37). The van der Waals surface area contributed by atoms with Crippen molar-refractivity contribution < 1.29 is 19.2 Å². The minimum atomic E-state index is -0.946. The van der Waals surface area contributed by atoms with Gasteiger partial charge in [0.1, 0.15) is 16.7 Å². The van der Waals surface area contributed by atoms with Crippen molar-refractivity contribution in [2.24, 2.45) is 0 Å². The van der Waals surface area contributed by atoms with E-state index in [0.29, 0.717) is 23.6 Å². The lowest BCUT2D eigenvalue weighted by Gasteiger charge is -2.32. The number of aryl methyl sites for hydroxylation is 3. The van der Waals surface area contributed by atoms with Gasteiger partial charge in [-0.25, -0.2) is 9.97 Å². The lowest BCUT2D eigenvalue weighted by Crippen LogP contribution is -2.54. The normalized spacial score (nSPS) is 22.1. The quantitative estimate of drug-likeness (QED) is 0.487. The summed E-state index contributed by atoms with van der Waals surface area (Å²) in [7, 11) is 0. The fourth-order valence-electron chi connectivity index (χ4n) is 6.83. The maximum atomic E-state index is 13.2. The summed E-state index contributed by atoms with van der Waals surface area (Å²) in [6, 6.07) is 4.45. The van der Waals surface area contributed by atoms with E-state index in [-0.39, 0.29) is 18.7 Å². The molecule has 206 valence electrons. The Morgan fingerprint density at radius 3 is 2.52 bits per heavy atom. The molecular formula is C30H31N5O4S. The van der Waals surface area contributed by atoms with E-state index in [4.69, 9.17) is 9.97 Å². The van der Waals surface area contributed by atoms with Crippen LogP contribution < -0.4 is 5.32 Å². The largest absolute Gasteiger partial charge is 0.299 e. The average molecular weight is 558 g/mol. The molecule has 1 aliphatic carbocycles. The number of likely N-dealkylation sites (tertiary alicyclic amines) is 1. The summed E-state index contributed by atoms with van der Waals surface area (Å²) in [4.78, 5) is 65.9. The number of rotatable bonds is 4. The molecule has 3 aliphatic heterocycles. The smallest absolute Gasteiger partial charge is 0.262 e. The first-order valence-corrected chi connectivity index (χ1v) is 15.0. The van der Waals surface area contributed by atoms with Crippen LogP contribution in [0.3, 0.4) is 0 Å². The molecule has 9 nitrogen and oxygen atoms in total. The van der Waals surface area contributed by atoms with E-state index >= 15 is 0 Å². The minimum Gasteiger partial charge on any atom is -0.299 e. The van der Waals surface area contributed by atoms with Gasteiger partial charge in [0.25, 0.3) is 11.8 Å². The number of benzene rings is 1. The molecule has 2 saturated heterocycles. The van der Waals surface area contributed by atoms with Gasteiger partial charge in [0.15, 0.2) is 0 Å². The molecule has 0 radical (unpaired) electrons. The van der Waals surface area contributed by atoms with Gasteiger partial charge < -0.3 is 0 Å². The predicted octanol–water partition coefficient (Wildman–Crippen LogP) is 3.66. The van der Waals surface area contributed by atoms with E-state index in [0.717, 1.165) is 59.9 Å². The Bertz CT molecular complexity index is 1590. The van der Waals surface area contributed by atoms with Gasteiger partial charge >= 0.3 is 0 Å². The van der Waals surface area contributed by atoms with Crippen molar-refractivity contribution in [3.05, 3.63) is 56.8 Å². The van der Waals surface area contributed by atoms with Crippen molar-refractivity contribution in [3.8, 4) is 0 Å². The van der Waals surface area contributed by atoms with Crippen LogP contribution in [0.4, 0.5) is 0 Å². The van der Waals surface area contributed by atoms with Gasteiger partial charge in [-0.3, -0.25) is 34.3 Å². The molecule has 7 rings (SSSR count). The molecule has 2 aromatic heterocycles. The number of hydrogen-bond donors (Lipinski definition) is 1. The number of carbonyl (C=O) groups is 4. The van der Waals surface area contributed by atoms with Crippen LogP contribution in [-0.2, 0) is 29.0 Å². The summed E-state index contributed by atoms with van der Waals surface area (Å²) in [5, 5.41) is 3.57. The number of thiophene rings is 1. The number of aromatic nitrogens is 2. The van der Waals surface area contributed by atoms with Crippen LogP contribution in [0.15, 0.2) is 18.2 Å². The summed E-state index contributed by atoms with van der Waals surface area (Å²) in [5.74, 6) is -0.637. The van der Waals surface area contributed by atoms with Gasteiger partial charge in [-0.15, -0.1) is 11.3 Å². The van der Waals surface area contributed by atoms with Gasteiger partial charge in [-0.1, -0.05) is 6.07 Å². The second-order valence-electron chi connectivity index (χ2n) is 11.4.